The van der Waals surface area contributed by atoms with Crippen molar-refractivity contribution in [3.8, 4) is 5.88 Å². The zero-order chi connectivity index (χ0) is 11.8. The van der Waals surface area contributed by atoms with E-state index in [1.165, 1.54) is 6.33 Å². The van der Waals surface area contributed by atoms with Gasteiger partial charge in [0.15, 0.2) is 0 Å². The highest BCUT2D eigenvalue weighted by Crippen LogP contribution is 2.21. The van der Waals surface area contributed by atoms with E-state index >= 15 is 0 Å². The third-order valence-corrected chi connectivity index (χ3v) is 2.07. The summed E-state index contributed by atoms with van der Waals surface area (Å²) in [4.78, 5) is 8.09. The molecule has 0 aliphatic rings. The Labute approximate surface area is 95.1 Å². The fraction of sp³-hybridized carbons (Fsp3) is 0.600. The molecule has 0 aromatic carbocycles. The number of hydrazine groups is 1. The quantitative estimate of drug-likeness (QED) is 0.405. The molecule has 0 spiro atoms. The lowest BCUT2D eigenvalue weighted by Crippen LogP contribution is -2.14. The molecule has 0 unspecified atom stereocenters. The van der Waals surface area contributed by atoms with Crippen LogP contribution in [0.2, 0.25) is 0 Å². The van der Waals surface area contributed by atoms with E-state index in [0.29, 0.717) is 31.5 Å². The Morgan fingerprint density at radius 3 is 2.75 bits per heavy atom. The standard InChI is InChI=1S/C10H18N4O2/c1-3-8-9(14-11)12-7-13-10(8)16-6-5-15-4-2/h7H,3-6,11H2,1-2H3,(H,12,13,14). The molecule has 0 saturated carbocycles. The van der Waals surface area contributed by atoms with Gasteiger partial charge in [-0.15, -0.1) is 0 Å². The van der Waals surface area contributed by atoms with Gasteiger partial charge in [-0.05, 0) is 13.3 Å². The molecular formula is C10H18N4O2. The Hall–Kier alpha value is -1.40. The van der Waals surface area contributed by atoms with Gasteiger partial charge in [-0.3, -0.25) is 0 Å². The Kier molecular flexibility index (Phi) is 5.52. The number of nitrogens with one attached hydrogen (secondary N) is 1. The summed E-state index contributed by atoms with van der Waals surface area (Å²) in [5, 5.41) is 0. The van der Waals surface area contributed by atoms with Crippen molar-refractivity contribution in [2.75, 3.05) is 25.2 Å². The molecular weight excluding hydrogens is 208 g/mol. The first kappa shape index (κ1) is 12.7. The normalized spacial score (nSPS) is 10.2. The lowest BCUT2D eigenvalue weighted by molar-refractivity contribution is 0.108. The van der Waals surface area contributed by atoms with Crippen molar-refractivity contribution in [3.63, 3.8) is 0 Å². The van der Waals surface area contributed by atoms with Crippen molar-refractivity contribution in [2.24, 2.45) is 5.84 Å². The molecule has 1 rings (SSSR count). The third-order valence-electron chi connectivity index (χ3n) is 2.07. The fourth-order valence-electron chi connectivity index (χ4n) is 1.31. The summed E-state index contributed by atoms with van der Waals surface area (Å²) in [5.74, 6) is 6.51. The maximum Gasteiger partial charge on any atom is 0.221 e. The van der Waals surface area contributed by atoms with Crippen LogP contribution in [0.1, 0.15) is 19.4 Å². The minimum absolute atomic E-state index is 0.474. The summed E-state index contributed by atoms with van der Waals surface area (Å²) in [6.45, 7) is 5.65. The highest BCUT2D eigenvalue weighted by molar-refractivity contribution is 5.47. The molecule has 0 amide bonds. The molecule has 1 aromatic heterocycles. The lowest BCUT2D eigenvalue weighted by atomic mass is 10.2. The van der Waals surface area contributed by atoms with Gasteiger partial charge in [0.2, 0.25) is 5.88 Å². The van der Waals surface area contributed by atoms with Crippen molar-refractivity contribution in [2.45, 2.75) is 20.3 Å². The molecule has 0 fully saturated rings. The van der Waals surface area contributed by atoms with Crippen LogP contribution in [-0.2, 0) is 11.2 Å². The summed E-state index contributed by atoms with van der Waals surface area (Å²) in [7, 11) is 0. The number of anilines is 1. The van der Waals surface area contributed by atoms with Gasteiger partial charge in [-0.2, -0.15) is 0 Å². The van der Waals surface area contributed by atoms with Crippen LogP contribution in [0.25, 0.3) is 0 Å². The van der Waals surface area contributed by atoms with Crippen molar-refractivity contribution >= 4 is 5.82 Å². The highest BCUT2D eigenvalue weighted by atomic mass is 16.5. The average molecular weight is 226 g/mol. The number of nitrogen functional groups attached to an aromatic ring is 1. The van der Waals surface area contributed by atoms with Crippen molar-refractivity contribution < 1.29 is 9.47 Å². The largest absolute Gasteiger partial charge is 0.475 e. The third kappa shape index (κ3) is 3.32. The molecule has 1 aromatic rings. The first-order chi connectivity index (χ1) is 7.83. The van der Waals surface area contributed by atoms with Crippen LogP contribution in [0.15, 0.2) is 6.33 Å². The molecule has 90 valence electrons. The molecule has 0 atom stereocenters. The van der Waals surface area contributed by atoms with Gasteiger partial charge < -0.3 is 14.9 Å². The second-order valence-corrected chi connectivity index (χ2v) is 3.05. The molecule has 3 N–H and O–H groups in total. The SMILES string of the molecule is CCOCCOc1ncnc(NN)c1CC. The summed E-state index contributed by atoms with van der Waals surface area (Å²) in [5.41, 5.74) is 3.40. The molecule has 6 nitrogen and oxygen atoms in total. The number of nitrogens with two attached hydrogens (primary N) is 1. The Balaban J connectivity index is 2.63. The first-order valence-electron chi connectivity index (χ1n) is 5.34. The van der Waals surface area contributed by atoms with Crippen molar-refractivity contribution in [1.29, 1.82) is 0 Å². The zero-order valence-electron chi connectivity index (χ0n) is 9.69. The molecule has 16 heavy (non-hydrogen) atoms. The average Bonchev–Trinajstić information content (AvgIpc) is 2.34. The van der Waals surface area contributed by atoms with Crippen LogP contribution >= 0.6 is 0 Å². The number of hydrogen-bond donors (Lipinski definition) is 2. The lowest BCUT2D eigenvalue weighted by Gasteiger charge is -2.11. The van der Waals surface area contributed by atoms with Gasteiger partial charge in [0.25, 0.3) is 0 Å². The first-order valence-corrected chi connectivity index (χ1v) is 5.34. The van der Waals surface area contributed by atoms with Crippen LogP contribution in [0.5, 0.6) is 5.88 Å². The van der Waals surface area contributed by atoms with E-state index in [-0.39, 0.29) is 0 Å². The van der Waals surface area contributed by atoms with Crippen molar-refractivity contribution in [3.05, 3.63) is 11.9 Å². The zero-order valence-corrected chi connectivity index (χ0v) is 9.69. The van der Waals surface area contributed by atoms with Gasteiger partial charge in [-0.25, -0.2) is 15.8 Å². The van der Waals surface area contributed by atoms with Crippen LogP contribution < -0.4 is 16.0 Å². The molecule has 0 radical (unpaired) electrons. The van der Waals surface area contributed by atoms with E-state index in [4.69, 9.17) is 15.3 Å². The van der Waals surface area contributed by atoms with Gasteiger partial charge >= 0.3 is 0 Å². The minimum atomic E-state index is 0.474. The fourth-order valence-corrected chi connectivity index (χ4v) is 1.31. The van der Waals surface area contributed by atoms with E-state index in [9.17, 15) is 0 Å². The Morgan fingerprint density at radius 1 is 1.31 bits per heavy atom. The van der Waals surface area contributed by atoms with Gasteiger partial charge in [0.1, 0.15) is 18.8 Å². The number of aromatic nitrogens is 2. The van der Waals surface area contributed by atoms with E-state index < -0.39 is 0 Å². The number of rotatable bonds is 7. The van der Waals surface area contributed by atoms with Crippen LogP contribution in [0, 0.1) is 0 Å². The molecule has 0 aliphatic heterocycles. The van der Waals surface area contributed by atoms with Gasteiger partial charge in [0, 0.05) is 6.61 Å². The number of ether oxygens (including phenoxy) is 2. The topological polar surface area (TPSA) is 82.3 Å². The van der Waals surface area contributed by atoms with Gasteiger partial charge in [-0.1, -0.05) is 6.92 Å². The second-order valence-electron chi connectivity index (χ2n) is 3.05. The smallest absolute Gasteiger partial charge is 0.221 e. The van der Waals surface area contributed by atoms with E-state index in [1.54, 1.807) is 0 Å². The minimum Gasteiger partial charge on any atom is -0.475 e. The highest BCUT2D eigenvalue weighted by Gasteiger charge is 2.09. The predicted octanol–water partition coefficient (Wildman–Crippen LogP) is 0.740. The van der Waals surface area contributed by atoms with Gasteiger partial charge in [0.05, 0.1) is 12.2 Å². The molecule has 0 bridgehead atoms. The molecule has 0 aliphatic carbocycles. The summed E-state index contributed by atoms with van der Waals surface area (Å²) < 4.78 is 10.7. The molecule has 1 heterocycles. The number of hydrogen-bond acceptors (Lipinski definition) is 6. The van der Waals surface area contributed by atoms with Crippen LogP contribution in [0.3, 0.4) is 0 Å². The predicted molar refractivity (Wildman–Crippen MR) is 61.2 cm³/mol. The van der Waals surface area contributed by atoms with E-state index in [0.717, 1.165) is 12.0 Å². The number of nitrogens with zero attached hydrogens (tertiary/aromatic N) is 2. The van der Waals surface area contributed by atoms with Crippen LogP contribution in [-0.4, -0.2) is 29.8 Å². The molecule has 6 heteroatoms. The monoisotopic (exact) mass is 226 g/mol. The van der Waals surface area contributed by atoms with E-state index in [2.05, 4.69) is 15.4 Å². The van der Waals surface area contributed by atoms with Crippen LogP contribution in [0.4, 0.5) is 5.82 Å². The summed E-state index contributed by atoms with van der Waals surface area (Å²) >= 11 is 0. The summed E-state index contributed by atoms with van der Waals surface area (Å²) in [6.07, 6.45) is 2.18. The second kappa shape index (κ2) is 6.97. The Morgan fingerprint density at radius 2 is 2.12 bits per heavy atom. The van der Waals surface area contributed by atoms with E-state index in [1.807, 2.05) is 13.8 Å². The summed E-state index contributed by atoms with van der Waals surface area (Å²) in [6, 6.07) is 0. The van der Waals surface area contributed by atoms with Crippen molar-refractivity contribution in [1.82, 2.24) is 9.97 Å². The molecule has 0 saturated heterocycles. The Bertz CT molecular complexity index is 320. The maximum atomic E-state index is 5.50. The maximum absolute atomic E-state index is 5.50.